The molecule has 2 fully saturated rings. The zero-order valence-corrected chi connectivity index (χ0v) is 17.0. The van der Waals surface area contributed by atoms with Gasteiger partial charge in [0.15, 0.2) is 0 Å². The van der Waals surface area contributed by atoms with Crippen LogP contribution in [0.1, 0.15) is 51.4 Å². The quantitative estimate of drug-likeness (QED) is 0.793. The van der Waals surface area contributed by atoms with E-state index in [1.165, 1.54) is 17.1 Å². The van der Waals surface area contributed by atoms with E-state index in [4.69, 9.17) is 0 Å². The number of amides is 1. The van der Waals surface area contributed by atoms with Gasteiger partial charge in [0.2, 0.25) is 15.9 Å². The van der Waals surface area contributed by atoms with Gasteiger partial charge >= 0.3 is 0 Å². The van der Waals surface area contributed by atoms with E-state index >= 15 is 0 Å². The number of benzene rings is 2. The van der Waals surface area contributed by atoms with Crippen LogP contribution in [0.4, 0.5) is 0 Å². The SMILES string of the molecule is O=C(NC1CCCCCC1)[C@@H]1CCCN1S(=O)(=O)c1ccc2ccccc2c1. The second-order valence-electron chi connectivity index (χ2n) is 7.98. The van der Waals surface area contributed by atoms with Crippen molar-refractivity contribution in [1.82, 2.24) is 9.62 Å². The first-order valence-corrected chi connectivity index (χ1v) is 11.8. The second kappa shape index (κ2) is 8.21. The van der Waals surface area contributed by atoms with Crippen LogP contribution < -0.4 is 5.32 Å². The third-order valence-electron chi connectivity index (χ3n) is 6.04. The molecule has 1 saturated carbocycles. The van der Waals surface area contributed by atoms with Crippen LogP contribution in [-0.4, -0.2) is 37.3 Å². The smallest absolute Gasteiger partial charge is 0.243 e. The van der Waals surface area contributed by atoms with Gasteiger partial charge in [0.05, 0.1) is 4.90 Å². The third-order valence-corrected chi connectivity index (χ3v) is 7.94. The monoisotopic (exact) mass is 400 g/mol. The summed E-state index contributed by atoms with van der Waals surface area (Å²) >= 11 is 0. The van der Waals surface area contributed by atoms with Crippen LogP contribution in [0.3, 0.4) is 0 Å². The maximum absolute atomic E-state index is 13.3. The third kappa shape index (κ3) is 3.94. The number of nitrogens with zero attached hydrogens (tertiary/aromatic N) is 1. The molecule has 5 nitrogen and oxygen atoms in total. The van der Waals surface area contributed by atoms with Gasteiger partial charge in [-0.2, -0.15) is 4.31 Å². The van der Waals surface area contributed by atoms with E-state index in [1.54, 1.807) is 12.1 Å². The van der Waals surface area contributed by atoms with Gasteiger partial charge < -0.3 is 5.32 Å². The van der Waals surface area contributed by atoms with Crippen LogP contribution in [0.25, 0.3) is 10.8 Å². The van der Waals surface area contributed by atoms with Crippen LogP contribution in [0.2, 0.25) is 0 Å². The van der Waals surface area contributed by atoms with Gasteiger partial charge in [-0.05, 0) is 48.6 Å². The second-order valence-corrected chi connectivity index (χ2v) is 9.87. The van der Waals surface area contributed by atoms with Gasteiger partial charge in [-0.3, -0.25) is 4.79 Å². The number of hydrogen-bond donors (Lipinski definition) is 1. The van der Waals surface area contributed by atoms with Crippen LogP contribution >= 0.6 is 0 Å². The molecule has 0 radical (unpaired) electrons. The minimum absolute atomic E-state index is 0.131. The van der Waals surface area contributed by atoms with E-state index in [-0.39, 0.29) is 16.8 Å². The molecule has 2 aliphatic rings. The average Bonchev–Trinajstić information content (AvgIpc) is 3.08. The minimum atomic E-state index is -3.70. The van der Waals surface area contributed by atoms with E-state index in [2.05, 4.69) is 5.32 Å². The van der Waals surface area contributed by atoms with E-state index in [0.29, 0.717) is 13.0 Å². The van der Waals surface area contributed by atoms with Gasteiger partial charge in [0.25, 0.3) is 0 Å². The molecule has 4 rings (SSSR count). The Labute approximate surface area is 167 Å². The van der Waals surface area contributed by atoms with Crippen molar-refractivity contribution in [2.75, 3.05) is 6.54 Å². The minimum Gasteiger partial charge on any atom is -0.352 e. The zero-order chi connectivity index (χ0) is 19.6. The molecule has 1 N–H and O–H groups in total. The number of hydrogen-bond acceptors (Lipinski definition) is 3. The van der Waals surface area contributed by atoms with Crippen LogP contribution in [0, 0.1) is 0 Å². The summed E-state index contributed by atoms with van der Waals surface area (Å²) < 4.78 is 28.0. The first-order chi connectivity index (χ1) is 13.6. The van der Waals surface area contributed by atoms with E-state index < -0.39 is 16.1 Å². The van der Waals surface area contributed by atoms with Crippen molar-refractivity contribution in [2.45, 2.75) is 68.3 Å². The molecule has 1 heterocycles. The number of carbonyl (C=O) groups is 1. The molecule has 1 aliphatic carbocycles. The maximum Gasteiger partial charge on any atom is 0.243 e. The fraction of sp³-hybridized carbons (Fsp3) is 0.500. The first kappa shape index (κ1) is 19.4. The highest BCUT2D eigenvalue weighted by molar-refractivity contribution is 7.89. The van der Waals surface area contributed by atoms with Crippen molar-refractivity contribution < 1.29 is 13.2 Å². The predicted octanol–water partition coefficient (Wildman–Crippen LogP) is 3.83. The molecular weight excluding hydrogens is 372 g/mol. The van der Waals surface area contributed by atoms with Gasteiger partial charge in [0.1, 0.15) is 6.04 Å². The molecule has 1 saturated heterocycles. The Morgan fingerprint density at radius 3 is 2.36 bits per heavy atom. The predicted molar refractivity (Wildman–Crippen MR) is 110 cm³/mol. The van der Waals surface area contributed by atoms with Gasteiger partial charge in [-0.1, -0.05) is 56.0 Å². The summed E-state index contributed by atoms with van der Waals surface area (Å²) in [4.78, 5) is 13.2. The summed E-state index contributed by atoms with van der Waals surface area (Å²) in [6.07, 6.45) is 8.01. The van der Waals surface area contributed by atoms with Gasteiger partial charge in [-0.15, -0.1) is 0 Å². The summed E-state index contributed by atoms with van der Waals surface area (Å²) in [5.74, 6) is -0.131. The Morgan fingerprint density at radius 1 is 0.893 bits per heavy atom. The highest BCUT2D eigenvalue weighted by Crippen LogP contribution is 2.28. The highest BCUT2D eigenvalue weighted by atomic mass is 32.2. The fourth-order valence-electron chi connectivity index (χ4n) is 4.47. The molecule has 0 aromatic heterocycles. The molecule has 0 spiro atoms. The Hall–Kier alpha value is -1.92. The number of rotatable bonds is 4. The molecule has 6 heteroatoms. The Bertz CT molecular complexity index is 949. The van der Waals surface area contributed by atoms with E-state index in [0.717, 1.165) is 42.9 Å². The molecule has 1 aliphatic heterocycles. The van der Waals surface area contributed by atoms with Crippen LogP contribution in [-0.2, 0) is 14.8 Å². The molecule has 1 atom stereocenters. The van der Waals surface area contributed by atoms with Crippen molar-refractivity contribution in [2.24, 2.45) is 0 Å². The first-order valence-electron chi connectivity index (χ1n) is 10.4. The maximum atomic E-state index is 13.3. The normalized spacial score (nSPS) is 22.2. The number of carbonyl (C=O) groups excluding carboxylic acids is 1. The van der Waals surface area contributed by atoms with Crippen molar-refractivity contribution in [3.63, 3.8) is 0 Å². The lowest BCUT2D eigenvalue weighted by Crippen LogP contribution is -2.48. The average molecular weight is 401 g/mol. The Balaban J connectivity index is 1.54. The Morgan fingerprint density at radius 2 is 1.61 bits per heavy atom. The summed E-state index contributed by atoms with van der Waals surface area (Å²) in [6.45, 7) is 0.401. The van der Waals surface area contributed by atoms with E-state index in [1.807, 2.05) is 30.3 Å². The van der Waals surface area contributed by atoms with E-state index in [9.17, 15) is 13.2 Å². The molecule has 1 amide bonds. The van der Waals surface area contributed by atoms with Crippen molar-refractivity contribution >= 4 is 26.7 Å². The van der Waals surface area contributed by atoms with Crippen LogP contribution in [0.5, 0.6) is 0 Å². The standard InChI is InChI=1S/C22H28N2O3S/c25-22(23-19-10-3-1-2-4-11-19)21-12-7-15-24(21)28(26,27)20-14-13-17-8-5-6-9-18(17)16-20/h5-6,8-9,13-14,16,19,21H,1-4,7,10-12,15H2,(H,23,25)/t21-/m0/s1. The fourth-order valence-corrected chi connectivity index (χ4v) is 6.17. The van der Waals surface area contributed by atoms with Crippen molar-refractivity contribution in [3.05, 3.63) is 42.5 Å². The van der Waals surface area contributed by atoms with Crippen molar-refractivity contribution in [1.29, 1.82) is 0 Å². The van der Waals surface area contributed by atoms with Crippen molar-refractivity contribution in [3.8, 4) is 0 Å². The molecular formula is C22H28N2O3S. The highest BCUT2D eigenvalue weighted by Gasteiger charge is 2.40. The summed E-state index contributed by atoms with van der Waals surface area (Å²) in [5.41, 5.74) is 0. The van der Waals surface area contributed by atoms with Gasteiger partial charge in [0, 0.05) is 12.6 Å². The summed E-state index contributed by atoms with van der Waals surface area (Å²) in [6, 6.07) is 12.5. The lowest BCUT2D eigenvalue weighted by atomic mass is 10.1. The number of nitrogens with one attached hydrogen (secondary N) is 1. The Kier molecular flexibility index (Phi) is 5.69. The summed E-state index contributed by atoms with van der Waals surface area (Å²) in [7, 11) is -3.70. The molecule has 0 unspecified atom stereocenters. The molecule has 0 bridgehead atoms. The molecule has 2 aromatic carbocycles. The topological polar surface area (TPSA) is 66.5 Å². The molecule has 28 heavy (non-hydrogen) atoms. The van der Waals surface area contributed by atoms with Crippen LogP contribution in [0.15, 0.2) is 47.4 Å². The number of sulfonamides is 1. The number of fused-ring (bicyclic) bond motifs is 1. The lowest BCUT2D eigenvalue weighted by molar-refractivity contribution is -0.125. The summed E-state index contributed by atoms with van der Waals surface area (Å²) in [5, 5.41) is 5.03. The lowest BCUT2D eigenvalue weighted by Gasteiger charge is -2.26. The molecule has 2 aromatic rings. The largest absolute Gasteiger partial charge is 0.352 e. The van der Waals surface area contributed by atoms with Gasteiger partial charge in [-0.25, -0.2) is 8.42 Å². The zero-order valence-electron chi connectivity index (χ0n) is 16.1. The molecule has 150 valence electrons.